The highest BCUT2D eigenvalue weighted by Gasteiger charge is 2.31. The average molecular weight is 346 g/mol. The number of carbonyl (C=O) groups excluding carboxylic acids is 2. The number of methoxy groups -OCH3 is 1. The van der Waals surface area contributed by atoms with E-state index in [1.807, 2.05) is 0 Å². The van der Waals surface area contributed by atoms with Gasteiger partial charge in [-0.15, -0.1) is 0 Å². The van der Waals surface area contributed by atoms with Crippen LogP contribution in [-0.4, -0.2) is 50.4 Å². The van der Waals surface area contributed by atoms with E-state index in [9.17, 15) is 9.59 Å². The summed E-state index contributed by atoms with van der Waals surface area (Å²) in [6.45, 7) is 2.75. The minimum Gasteiger partial charge on any atom is -0.493 e. The van der Waals surface area contributed by atoms with Crippen LogP contribution in [-0.2, 0) is 9.59 Å². The van der Waals surface area contributed by atoms with E-state index in [0.29, 0.717) is 42.6 Å². The second kappa shape index (κ2) is 7.87. The predicted molar refractivity (Wildman–Crippen MR) is 95.1 cm³/mol. The zero-order chi connectivity index (χ0) is 17.8. The maximum Gasteiger partial charge on any atom is 0.234 e. The van der Waals surface area contributed by atoms with Gasteiger partial charge in [-0.1, -0.05) is 0 Å². The van der Waals surface area contributed by atoms with E-state index in [1.165, 1.54) is 0 Å². The lowest BCUT2D eigenvalue weighted by Crippen LogP contribution is -2.25. The highest BCUT2D eigenvalue weighted by atomic mass is 16.5. The van der Waals surface area contributed by atoms with Crippen molar-refractivity contribution in [2.75, 3.05) is 39.2 Å². The predicted octanol–water partition coefficient (Wildman–Crippen LogP) is 2.33. The third-order valence-electron chi connectivity index (χ3n) is 5.02. The Morgan fingerprint density at radius 2 is 2.16 bits per heavy atom. The van der Waals surface area contributed by atoms with Gasteiger partial charge in [0.2, 0.25) is 5.91 Å². The molecule has 1 saturated carbocycles. The number of rotatable bonds is 6. The lowest BCUT2D eigenvalue weighted by atomic mass is 10.1. The molecule has 1 heterocycles. The fourth-order valence-electron chi connectivity index (χ4n) is 3.56. The van der Waals surface area contributed by atoms with Crippen molar-refractivity contribution in [2.24, 2.45) is 11.8 Å². The molecule has 2 aliphatic rings. The monoisotopic (exact) mass is 346 g/mol. The molecule has 2 fully saturated rings. The molecule has 6 heteroatoms. The van der Waals surface area contributed by atoms with Crippen molar-refractivity contribution in [3.63, 3.8) is 0 Å². The van der Waals surface area contributed by atoms with Crippen molar-refractivity contribution in [2.45, 2.75) is 25.7 Å². The maximum atomic E-state index is 12.3. The molecule has 1 aliphatic heterocycles. The van der Waals surface area contributed by atoms with Crippen LogP contribution in [0.3, 0.4) is 0 Å². The first-order valence-corrected chi connectivity index (χ1v) is 8.90. The molecule has 136 valence electrons. The second-order valence-corrected chi connectivity index (χ2v) is 6.99. The first-order valence-electron chi connectivity index (χ1n) is 8.90. The zero-order valence-electron chi connectivity index (χ0n) is 14.9. The molecule has 0 radical (unpaired) electrons. The molecular weight excluding hydrogens is 320 g/mol. The lowest BCUT2D eigenvalue weighted by Gasteiger charge is -2.16. The number of amides is 1. The minimum absolute atomic E-state index is 0.0350. The third kappa shape index (κ3) is 4.31. The van der Waals surface area contributed by atoms with Gasteiger partial charge in [0.25, 0.3) is 0 Å². The number of ether oxygens (including phenoxy) is 2. The van der Waals surface area contributed by atoms with Gasteiger partial charge in [-0.2, -0.15) is 0 Å². The third-order valence-corrected chi connectivity index (χ3v) is 5.02. The minimum atomic E-state index is -0.513. The van der Waals surface area contributed by atoms with Gasteiger partial charge < -0.3 is 19.7 Å². The summed E-state index contributed by atoms with van der Waals surface area (Å²) in [6.07, 6.45) is 3.06. The summed E-state index contributed by atoms with van der Waals surface area (Å²) in [5, 5.41) is 2.84. The fraction of sp³-hybridized carbons (Fsp3) is 0.579. The number of hydrogen-bond donors (Lipinski definition) is 1. The zero-order valence-corrected chi connectivity index (χ0v) is 14.9. The van der Waals surface area contributed by atoms with E-state index in [1.54, 1.807) is 25.3 Å². The van der Waals surface area contributed by atoms with E-state index < -0.39 is 5.92 Å². The van der Waals surface area contributed by atoms with E-state index in [0.717, 1.165) is 25.9 Å². The molecule has 3 rings (SSSR count). The SMILES string of the molecule is COc1ccc(NC(=O)C2CCCC2=O)cc1OCC1CCN(C)C1. The van der Waals surface area contributed by atoms with Gasteiger partial charge in [-0.3, -0.25) is 9.59 Å². The van der Waals surface area contributed by atoms with Crippen molar-refractivity contribution in [3.8, 4) is 11.5 Å². The molecule has 0 spiro atoms. The Labute approximate surface area is 148 Å². The van der Waals surface area contributed by atoms with Crippen molar-refractivity contribution in [1.82, 2.24) is 4.90 Å². The Morgan fingerprint density at radius 1 is 1.32 bits per heavy atom. The van der Waals surface area contributed by atoms with E-state index in [4.69, 9.17) is 9.47 Å². The molecule has 2 atom stereocenters. The van der Waals surface area contributed by atoms with Crippen LogP contribution in [0.5, 0.6) is 11.5 Å². The molecule has 0 aromatic heterocycles. The number of benzene rings is 1. The molecule has 1 aromatic rings. The molecule has 0 bridgehead atoms. The van der Waals surface area contributed by atoms with Crippen LogP contribution in [0.4, 0.5) is 5.69 Å². The standard InChI is InChI=1S/C19H26N2O4/c1-21-9-8-13(11-21)12-25-18-10-14(6-7-17(18)24-2)20-19(23)15-4-3-5-16(15)22/h6-7,10,13,15H,3-5,8-9,11-12H2,1-2H3,(H,20,23). The van der Waals surface area contributed by atoms with Crippen LogP contribution >= 0.6 is 0 Å². The molecule has 1 N–H and O–H groups in total. The number of likely N-dealkylation sites (tertiary alicyclic amines) is 1. The molecule has 1 amide bonds. The topological polar surface area (TPSA) is 67.9 Å². The molecular formula is C19H26N2O4. The molecule has 1 aromatic carbocycles. The Morgan fingerprint density at radius 3 is 2.80 bits per heavy atom. The van der Waals surface area contributed by atoms with Crippen molar-refractivity contribution >= 4 is 17.4 Å². The maximum absolute atomic E-state index is 12.3. The van der Waals surface area contributed by atoms with Crippen LogP contribution in [0.2, 0.25) is 0 Å². The van der Waals surface area contributed by atoms with Crippen LogP contribution in [0.1, 0.15) is 25.7 Å². The summed E-state index contributed by atoms with van der Waals surface area (Å²) in [5.74, 6) is 1.06. The Hall–Kier alpha value is -2.08. The van der Waals surface area contributed by atoms with Crippen LogP contribution < -0.4 is 14.8 Å². The van der Waals surface area contributed by atoms with E-state index in [2.05, 4.69) is 17.3 Å². The van der Waals surface area contributed by atoms with Gasteiger partial charge in [-0.05, 0) is 45.0 Å². The van der Waals surface area contributed by atoms with E-state index in [-0.39, 0.29) is 11.7 Å². The second-order valence-electron chi connectivity index (χ2n) is 6.99. The van der Waals surface area contributed by atoms with Gasteiger partial charge in [0.1, 0.15) is 5.78 Å². The summed E-state index contributed by atoms with van der Waals surface area (Å²) in [4.78, 5) is 26.3. The Kier molecular flexibility index (Phi) is 5.58. The Balaban J connectivity index is 1.64. The summed E-state index contributed by atoms with van der Waals surface area (Å²) < 4.78 is 11.3. The number of anilines is 1. The first-order chi connectivity index (χ1) is 12.1. The quantitative estimate of drug-likeness (QED) is 0.801. The molecule has 25 heavy (non-hydrogen) atoms. The van der Waals surface area contributed by atoms with Crippen molar-refractivity contribution in [3.05, 3.63) is 18.2 Å². The van der Waals surface area contributed by atoms with Gasteiger partial charge in [0, 0.05) is 30.6 Å². The Bertz CT molecular complexity index is 646. The van der Waals surface area contributed by atoms with Gasteiger partial charge in [0.15, 0.2) is 11.5 Å². The molecule has 1 saturated heterocycles. The molecule has 6 nitrogen and oxygen atoms in total. The average Bonchev–Trinajstić information content (AvgIpc) is 3.21. The van der Waals surface area contributed by atoms with Crippen LogP contribution in [0.15, 0.2) is 18.2 Å². The highest BCUT2D eigenvalue weighted by Crippen LogP contribution is 2.32. The summed E-state index contributed by atoms with van der Waals surface area (Å²) >= 11 is 0. The number of hydrogen-bond acceptors (Lipinski definition) is 5. The normalized spacial score (nSPS) is 23.7. The number of nitrogens with one attached hydrogen (secondary N) is 1. The summed E-state index contributed by atoms with van der Waals surface area (Å²) in [7, 11) is 3.71. The summed E-state index contributed by atoms with van der Waals surface area (Å²) in [5.41, 5.74) is 0.629. The van der Waals surface area contributed by atoms with Crippen LogP contribution in [0.25, 0.3) is 0 Å². The number of ketones is 1. The first kappa shape index (κ1) is 17.7. The van der Waals surface area contributed by atoms with E-state index >= 15 is 0 Å². The van der Waals surface area contributed by atoms with Gasteiger partial charge in [-0.25, -0.2) is 0 Å². The van der Waals surface area contributed by atoms with Gasteiger partial charge >= 0.3 is 0 Å². The van der Waals surface area contributed by atoms with Crippen LogP contribution in [0, 0.1) is 11.8 Å². The fourth-order valence-corrected chi connectivity index (χ4v) is 3.56. The molecule has 1 aliphatic carbocycles. The van der Waals surface area contributed by atoms with Gasteiger partial charge in [0.05, 0.1) is 19.6 Å². The number of Topliss-reactive ketones (excluding diaryl/α,β-unsaturated/α-hetero) is 1. The largest absolute Gasteiger partial charge is 0.493 e. The number of nitrogens with zero attached hydrogens (tertiary/aromatic N) is 1. The summed E-state index contributed by atoms with van der Waals surface area (Å²) in [6, 6.07) is 5.32. The smallest absolute Gasteiger partial charge is 0.234 e. The van der Waals surface area contributed by atoms with Crippen molar-refractivity contribution < 1.29 is 19.1 Å². The number of carbonyl (C=O) groups is 2. The highest BCUT2D eigenvalue weighted by molar-refractivity contribution is 6.08. The molecule has 2 unspecified atom stereocenters. The lowest BCUT2D eigenvalue weighted by molar-refractivity contribution is -0.129. The van der Waals surface area contributed by atoms with Crippen molar-refractivity contribution in [1.29, 1.82) is 0 Å².